The van der Waals surface area contributed by atoms with Crippen LogP contribution in [0, 0.1) is 0 Å². The highest BCUT2D eigenvalue weighted by molar-refractivity contribution is 7.99. The molecule has 3 rings (SSSR count). The molecule has 2 fully saturated rings. The van der Waals surface area contributed by atoms with Crippen LogP contribution in [0.1, 0.15) is 23.3 Å². The predicted molar refractivity (Wildman–Crippen MR) is 99.5 cm³/mol. The molecular formula is C16H26N4O3S2. The standard InChI is InChI=1S/C16H26N4O3S2/c1-18-5-3-13(4-6-18)19(2)16(21)15-11-14(12-17-15)25(22,23)20-7-9-24-10-8-20/h11-13,17H,3-10H2,1-2H3. The van der Waals surface area contributed by atoms with Crippen molar-refractivity contribution in [2.24, 2.45) is 0 Å². The quantitative estimate of drug-likeness (QED) is 0.833. The van der Waals surface area contributed by atoms with Crippen molar-refractivity contribution < 1.29 is 13.2 Å². The van der Waals surface area contributed by atoms with Crippen molar-refractivity contribution in [1.29, 1.82) is 0 Å². The van der Waals surface area contributed by atoms with Crippen LogP contribution in [0.25, 0.3) is 0 Å². The summed E-state index contributed by atoms with van der Waals surface area (Å²) in [5, 5.41) is 0. The number of thioether (sulfide) groups is 1. The molecular weight excluding hydrogens is 360 g/mol. The second-order valence-electron chi connectivity index (χ2n) is 6.72. The lowest BCUT2D eigenvalue weighted by Crippen LogP contribution is -2.44. The first kappa shape index (κ1) is 18.8. The summed E-state index contributed by atoms with van der Waals surface area (Å²) < 4.78 is 26.9. The first-order valence-electron chi connectivity index (χ1n) is 8.61. The van der Waals surface area contributed by atoms with E-state index in [9.17, 15) is 13.2 Å². The molecule has 0 saturated carbocycles. The Bertz CT molecular complexity index is 705. The number of likely N-dealkylation sites (tertiary alicyclic amines) is 1. The van der Waals surface area contributed by atoms with Crippen LogP contribution in [0.5, 0.6) is 0 Å². The predicted octanol–water partition coefficient (Wildman–Crippen LogP) is 0.918. The molecule has 9 heteroatoms. The molecule has 2 saturated heterocycles. The smallest absolute Gasteiger partial charge is 0.270 e. The van der Waals surface area contributed by atoms with Crippen molar-refractivity contribution >= 4 is 27.7 Å². The number of piperidine rings is 1. The molecule has 0 atom stereocenters. The number of amides is 1. The van der Waals surface area contributed by atoms with Gasteiger partial charge < -0.3 is 14.8 Å². The first-order valence-corrected chi connectivity index (χ1v) is 11.2. The maximum Gasteiger partial charge on any atom is 0.270 e. The van der Waals surface area contributed by atoms with E-state index in [-0.39, 0.29) is 16.8 Å². The number of sulfonamides is 1. The number of H-pyrrole nitrogens is 1. The van der Waals surface area contributed by atoms with Gasteiger partial charge in [0.1, 0.15) is 10.6 Å². The lowest BCUT2D eigenvalue weighted by molar-refractivity contribution is 0.0654. The van der Waals surface area contributed by atoms with Gasteiger partial charge in [-0.25, -0.2) is 8.42 Å². The Balaban J connectivity index is 1.71. The molecule has 1 aromatic heterocycles. The fourth-order valence-corrected chi connectivity index (χ4v) is 5.89. The second-order valence-corrected chi connectivity index (χ2v) is 9.88. The van der Waals surface area contributed by atoms with Gasteiger partial charge in [0.25, 0.3) is 5.91 Å². The summed E-state index contributed by atoms with van der Waals surface area (Å²) in [5.41, 5.74) is 0.339. The Hall–Kier alpha value is -1.03. The molecule has 0 bridgehead atoms. The minimum absolute atomic E-state index is 0.148. The molecule has 140 valence electrons. The van der Waals surface area contributed by atoms with Gasteiger partial charge in [-0.15, -0.1) is 0 Å². The van der Waals surface area contributed by atoms with E-state index in [1.165, 1.54) is 16.6 Å². The van der Waals surface area contributed by atoms with Gasteiger partial charge in [0.2, 0.25) is 10.0 Å². The van der Waals surface area contributed by atoms with E-state index in [0.717, 1.165) is 37.4 Å². The third kappa shape index (κ3) is 4.05. The fourth-order valence-electron chi connectivity index (χ4n) is 3.32. The van der Waals surface area contributed by atoms with Gasteiger partial charge in [0, 0.05) is 43.9 Å². The van der Waals surface area contributed by atoms with Crippen LogP contribution in [0.15, 0.2) is 17.2 Å². The largest absolute Gasteiger partial charge is 0.356 e. The van der Waals surface area contributed by atoms with E-state index in [4.69, 9.17) is 0 Å². The van der Waals surface area contributed by atoms with E-state index < -0.39 is 10.0 Å². The molecule has 0 aromatic carbocycles. The normalized spacial score (nSPS) is 21.4. The molecule has 0 spiro atoms. The second kappa shape index (κ2) is 7.69. The third-order valence-corrected chi connectivity index (χ3v) is 7.87. The molecule has 3 heterocycles. The minimum atomic E-state index is -3.52. The number of aromatic amines is 1. The van der Waals surface area contributed by atoms with Crippen LogP contribution in [0.2, 0.25) is 0 Å². The summed E-state index contributed by atoms with van der Waals surface area (Å²) in [6, 6.07) is 1.68. The van der Waals surface area contributed by atoms with Crippen LogP contribution < -0.4 is 0 Å². The Labute approximate surface area is 153 Å². The molecule has 7 nitrogen and oxygen atoms in total. The SMILES string of the molecule is CN1CCC(N(C)C(=O)c2cc(S(=O)(=O)N3CCSCC3)c[nH]2)CC1. The van der Waals surface area contributed by atoms with Crippen molar-refractivity contribution in [2.75, 3.05) is 51.8 Å². The highest BCUT2D eigenvalue weighted by Crippen LogP contribution is 2.22. The molecule has 2 aliphatic heterocycles. The van der Waals surface area contributed by atoms with Crippen molar-refractivity contribution in [3.8, 4) is 0 Å². The first-order chi connectivity index (χ1) is 11.9. The van der Waals surface area contributed by atoms with Gasteiger partial charge in [-0.1, -0.05) is 0 Å². The molecule has 2 aliphatic rings. The molecule has 25 heavy (non-hydrogen) atoms. The number of rotatable bonds is 4. The average molecular weight is 387 g/mol. The van der Waals surface area contributed by atoms with Crippen LogP contribution in [0.4, 0.5) is 0 Å². The van der Waals surface area contributed by atoms with Crippen molar-refractivity contribution in [3.05, 3.63) is 18.0 Å². The summed E-state index contributed by atoms with van der Waals surface area (Å²) >= 11 is 1.76. The molecule has 1 aromatic rings. The highest BCUT2D eigenvalue weighted by Gasteiger charge is 2.30. The number of nitrogens with one attached hydrogen (secondary N) is 1. The zero-order valence-corrected chi connectivity index (χ0v) is 16.4. The number of nitrogens with zero attached hydrogens (tertiary/aromatic N) is 3. The van der Waals surface area contributed by atoms with Crippen molar-refractivity contribution in [1.82, 2.24) is 19.1 Å². The molecule has 0 radical (unpaired) electrons. The van der Waals surface area contributed by atoms with Crippen LogP contribution in [-0.4, -0.2) is 91.2 Å². The van der Waals surface area contributed by atoms with Gasteiger partial charge in [-0.05, 0) is 39.0 Å². The lowest BCUT2D eigenvalue weighted by Gasteiger charge is -2.34. The van der Waals surface area contributed by atoms with E-state index in [1.807, 2.05) is 0 Å². The minimum Gasteiger partial charge on any atom is -0.356 e. The fraction of sp³-hybridized carbons (Fsp3) is 0.688. The van der Waals surface area contributed by atoms with Crippen molar-refractivity contribution in [2.45, 2.75) is 23.8 Å². The van der Waals surface area contributed by atoms with Crippen LogP contribution in [0.3, 0.4) is 0 Å². The topological polar surface area (TPSA) is 76.7 Å². The molecule has 0 aliphatic carbocycles. The highest BCUT2D eigenvalue weighted by atomic mass is 32.2. The summed E-state index contributed by atoms with van der Waals surface area (Å²) in [6.07, 6.45) is 3.32. The maximum absolute atomic E-state index is 12.7. The summed E-state index contributed by atoms with van der Waals surface area (Å²) in [4.78, 5) is 19.8. The van der Waals surface area contributed by atoms with E-state index in [1.54, 1.807) is 23.7 Å². The average Bonchev–Trinajstić information content (AvgIpc) is 3.13. The Morgan fingerprint density at radius 1 is 1.24 bits per heavy atom. The number of hydrogen-bond acceptors (Lipinski definition) is 5. The number of aromatic nitrogens is 1. The number of carbonyl (C=O) groups excluding carboxylic acids is 1. The van der Waals surface area contributed by atoms with Gasteiger partial charge in [0.05, 0.1) is 0 Å². The Morgan fingerprint density at radius 3 is 2.52 bits per heavy atom. The van der Waals surface area contributed by atoms with Crippen molar-refractivity contribution in [3.63, 3.8) is 0 Å². The molecule has 1 N–H and O–H groups in total. The zero-order chi connectivity index (χ0) is 18.0. The number of hydrogen-bond donors (Lipinski definition) is 1. The van der Waals surface area contributed by atoms with Crippen LogP contribution in [-0.2, 0) is 10.0 Å². The van der Waals surface area contributed by atoms with Crippen LogP contribution >= 0.6 is 11.8 Å². The van der Waals surface area contributed by atoms with Gasteiger partial charge in [-0.3, -0.25) is 4.79 Å². The molecule has 0 unspecified atom stereocenters. The molecule has 1 amide bonds. The summed E-state index contributed by atoms with van der Waals surface area (Å²) in [7, 11) is 0.362. The van der Waals surface area contributed by atoms with Gasteiger partial charge in [0.15, 0.2) is 0 Å². The summed E-state index contributed by atoms with van der Waals surface area (Å²) in [6.45, 7) is 2.99. The zero-order valence-electron chi connectivity index (χ0n) is 14.8. The monoisotopic (exact) mass is 386 g/mol. The Kier molecular flexibility index (Phi) is 5.77. The van der Waals surface area contributed by atoms with E-state index in [2.05, 4.69) is 16.9 Å². The van der Waals surface area contributed by atoms with Gasteiger partial charge >= 0.3 is 0 Å². The van der Waals surface area contributed by atoms with E-state index in [0.29, 0.717) is 18.8 Å². The van der Waals surface area contributed by atoms with E-state index >= 15 is 0 Å². The maximum atomic E-state index is 12.7. The number of carbonyl (C=O) groups is 1. The lowest BCUT2D eigenvalue weighted by atomic mass is 10.0. The van der Waals surface area contributed by atoms with Gasteiger partial charge in [-0.2, -0.15) is 16.1 Å². The Morgan fingerprint density at radius 2 is 1.88 bits per heavy atom. The third-order valence-electron chi connectivity index (χ3n) is 5.05. The summed E-state index contributed by atoms with van der Waals surface area (Å²) in [5.74, 6) is 1.48.